The minimum atomic E-state index is 0.404. The van der Waals surface area contributed by atoms with E-state index in [1.807, 2.05) is 0 Å². The second kappa shape index (κ2) is 8.06. The van der Waals surface area contributed by atoms with Crippen LogP contribution in [-0.2, 0) is 0 Å². The number of rotatable bonds is 7. The van der Waals surface area contributed by atoms with Crippen molar-refractivity contribution in [3.05, 3.63) is 0 Å². The standard InChI is InChI=1S/C10H23N/c1-3-4-5-6-7-8-9-10(2)11/h10H,3-9,11H2,1-2H3/t10-/m1/s1. The third-order valence-electron chi connectivity index (χ3n) is 2.01. The van der Waals surface area contributed by atoms with E-state index in [4.69, 9.17) is 5.73 Å². The van der Waals surface area contributed by atoms with E-state index < -0.39 is 0 Å². The second-order valence-electron chi connectivity index (χ2n) is 3.53. The molecular weight excluding hydrogens is 134 g/mol. The Morgan fingerprint density at radius 1 is 1.00 bits per heavy atom. The van der Waals surface area contributed by atoms with Gasteiger partial charge in [0.2, 0.25) is 0 Å². The first-order valence-electron chi connectivity index (χ1n) is 5.03. The first-order chi connectivity index (χ1) is 5.27. The van der Waals surface area contributed by atoms with Crippen molar-refractivity contribution < 1.29 is 0 Å². The maximum Gasteiger partial charge on any atom is 0.00104 e. The summed E-state index contributed by atoms with van der Waals surface area (Å²) in [5, 5.41) is 0. The molecular formula is C10H23N. The minimum absolute atomic E-state index is 0.404. The Labute approximate surface area is 71.4 Å². The molecule has 0 saturated carbocycles. The first-order valence-corrected chi connectivity index (χ1v) is 5.03. The average molecular weight is 157 g/mol. The zero-order valence-electron chi connectivity index (χ0n) is 8.10. The Bertz CT molecular complexity index is 69.3. The average Bonchev–Trinajstić information content (AvgIpc) is 1.96. The van der Waals surface area contributed by atoms with Gasteiger partial charge in [-0.25, -0.2) is 0 Å². The molecule has 0 fully saturated rings. The Kier molecular flexibility index (Phi) is 8.03. The molecule has 0 heterocycles. The summed E-state index contributed by atoms with van der Waals surface area (Å²) in [7, 11) is 0. The Morgan fingerprint density at radius 3 is 2.09 bits per heavy atom. The normalized spacial score (nSPS) is 13.4. The van der Waals surface area contributed by atoms with Crippen molar-refractivity contribution in [3.63, 3.8) is 0 Å². The van der Waals surface area contributed by atoms with Crippen molar-refractivity contribution in [1.82, 2.24) is 0 Å². The maximum absolute atomic E-state index is 5.63. The van der Waals surface area contributed by atoms with Crippen LogP contribution in [0.2, 0.25) is 0 Å². The van der Waals surface area contributed by atoms with Gasteiger partial charge in [-0.3, -0.25) is 0 Å². The van der Waals surface area contributed by atoms with Gasteiger partial charge < -0.3 is 5.73 Å². The largest absolute Gasteiger partial charge is 0.328 e. The highest BCUT2D eigenvalue weighted by Gasteiger charge is 1.93. The van der Waals surface area contributed by atoms with Crippen molar-refractivity contribution in [3.8, 4) is 0 Å². The second-order valence-corrected chi connectivity index (χ2v) is 3.53. The van der Waals surface area contributed by atoms with Gasteiger partial charge in [-0.1, -0.05) is 45.4 Å². The molecule has 0 saturated heterocycles. The van der Waals surface area contributed by atoms with Gasteiger partial charge in [-0.15, -0.1) is 0 Å². The van der Waals surface area contributed by atoms with Crippen molar-refractivity contribution in [2.75, 3.05) is 0 Å². The molecule has 0 aromatic heterocycles. The molecule has 0 bridgehead atoms. The zero-order chi connectivity index (χ0) is 8.53. The van der Waals surface area contributed by atoms with Crippen LogP contribution in [0, 0.1) is 0 Å². The number of nitrogens with two attached hydrogens (primary N) is 1. The van der Waals surface area contributed by atoms with E-state index >= 15 is 0 Å². The van der Waals surface area contributed by atoms with Crippen LogP contribution in [-0.4, -0.2) is 6.04 Å². The van der Waals surface area contributed by atoms with Gasteiger partial charge in [0.15, 0.2) is 0 Å². The predicted octanol–water partition coefficient (Wildman–Crippen LogP) is 3.08. The van der Waals surface area contributed by atoms with Gasteiger partial charge in [0, 0.05) is 6.04 Å². The van der Waals surface area contributed by atoms with E-state index in [-0.39, 0.29) is 0 Å². The molecule has 0 aromatic rings. The topological polar surface area (TPSA) is 26.0 Å². The van der Waals surface area contributed by atoms with E-state index in [9.17, 15) is 0 Å². The lowest BCUT2D eigenvalue weighted by atomic mass is 10.1. The lowest BCUT2D eigenvalue weighted by Gasteiger charge is -2.03. The lowest BCUT2D eigenvalue weighted by molar-refractivity contribution is 0.554. The minimum Gasteiger partial charge on any atom is -0.328 e. The van der Waals surface area contributed by atoms with Gasteiger partial charge in [-0.05, 0) is 13.3 Å². The van der Waals surface area contributed by atoms with Crippen LogP contribution in [0.3, 0.4) is 0 Å². The van der Waals surface area contributed by atoms with Crippen LogP contribution < -0.4 is 5.73 Å². The van der Waals surface area contributed by atoms with Crippen LogP contribution in [0.1, 0.15) is 58.8 Å². The molecule has 68 valence electrons. The summed E-state index contributed by atoms with van der Waals surface area (Å²) in [6.07, 6.45) is 9.45. The van der Waals surface area contributed by atoms with Crippen LogP contribution in [0.5, 0.6) is 0 Å². The summed E-state index contributed by atoms with van der Waals surface area (Å²) < 4.78 is 0. The molecule has 1 atom stereocenters. The molecule has 0 spiro atoms. The van der Waals surface area contributed by atoms with Gasteiger partial charge in [0.25, 0.3) is 0 Å². The Balaban J connectivity index is 2.80. The van der Waals surface area contributed by atoms with Crippen molar-refractivity contribution in [1.29, 1.82) is 0 Å². The van der Waals surface area contributed by atoms with Crippen LogP contribution in [0.15, 0.2) is 0 Å². The van der Waals surface area contributed by atoms with Crippen LogP contribution in [0.25, 0.3) is 0 Å². The van der Waals surface area contributed by atoms with Crippen molar-refractivity contribution in [2.24, 2.45) is 5.73 Å². The van der Waals surface area contributed by atoms with Gasteiger partial charge in [0.05, 0.1) is 0 Å². The van der Waals surface area contributed by atoms with Gasteiger partial charge >= 0.3 is 0 Å². The maximum atomic E-state index is 5.63. The number of hydrogen-bond donors (Lipinski definition) is 1. The highest BCUT2D eigenvalue weighted by atomic mass is 14.6. The summed E-state index contributed by atoms with van der Waals surface area (Å²) >= 11 is 0. The van der Waals surface area contributed by atoms with E-state index in [1.54, 1.807) is 0 Å². The highest BCUT2D eigenvalue weighted by molar-refractivity contribution is 4.53. The summed E-state index contributed by atoms with van der Waals surface area (Å²) in [4.78, 5) is 0. The smallest absolute Gasteiger partial charge is 0.00104 e. The van der Waals surface area contributed by atoms with Crippen LogP contribution >= 0.6 is 0 Å². The van der Waals surface area contributed by atoms with Gasteiger partial charge in [-0.2, -0.15) is 0 Å². The molecule has 0 aliphatic heterocycles. The molecule has 1 nitrogen and oxygen atoms in total. The molecule has 0 aliphatic carbocycles. The number of unbranched alkanes of at least 4 members (excludes halogenated alkanes) is 5. The fourth-order valence-corrected chi connectivity index (χ4v) is 1.25. The predicted molar refractivity (Wildman–Crippen MR) is 51.6 cm³/mol. The number of hydrogen-bond acceptors (Lipinski definition) is 1. The zero-order valence-corrected chi connectivity index (χ0v) is 8.10. The molecule has 0 unspecified atom stereocenters. The van der Waals surface area contributed by atoms with Gasteiger partial charge in [0.1, 0.15) is 0 Å². The summed E-state index contributed by atoms with van der Waals surface area (Å²) in [6.45, 7) is 4.34. The molecule has 0 radical (unpaired) electrons. The first kappa shape index (κ1) is 11.0. The highest BCUT2D eigenvalue weighted by Crippen LogP contribution is 2.07. The molecule has 0 rings (SSSR count). The summed E-state index contributed by atoms with van der Waals surface area (Å²) in [5.41, 5.74) is 5.63. The van der Waals surface area contributed by atoms with Crippen LogP contribution in [0.4, 0.5) is 0 Å². The lowest BCUT2D eigenvalue weighted by Crippen LogP contribution is -2.13. The molecule has 0 aromatic carbocycles. The molecule has 2 N–H and O–H groups in total. The van der Waals surface area contributed by atoms with E-state index in [2.05, 4.69) is 13.8 Å². The molecule has 0 amide bonds. The van der Waals surface area contributed by atoms with Crippen molar-refractivity contribution >= 4 is 0 Å². The van der Waals surface area contributed by atoms with Crippen molar-refractivity contribution in [2.45, 2.75) is 64.8 Å². The molecule has 1 heteroatoms. The fraction of sp³-hybridized carbons (Fsp3) is 1.00. The third kappa shape index (κ3) is 9.96. The monoisotopic (exact) mass is 157 g/mol. The fourth-order valence-electron chi connectivity index (χ4n) is 1.25. The third-order valence-corrected chi connectivity index (χ3v) is 2.01. The van der Waals surface area contributed by atoms with E-state index in [0.717, 1.165) is 0 Å². The molecule has 0 aliphatic rings. The van der Waals surface area contributed by atoms with E-state index in [1.165, 1.54) is 44.9 Å². The van der Waals surface area contributed by atoms with E-state index in [0.29, 0.717) is 6.04 Å². The SMILES string of the molecule is CCCCCCCC[C@@H](C)N. The Hall–Kier alpha value is -0.0400. The summed E-state index contributed by atoms with van der Waals surface area (Å²) in [6, 6.07) is 0.404. The molecule has 11 heavy (non-hydrogen) atoms. The quantitative estimate of drug-likeness (QED) is 0.565. The Morgan fingerprint density at radius 2 is 1.55 bits per heavy atom. The summed E-state index contributed by atoms with van der Waals surface area (Å²) in [5.74, 6) is 0.